The molecule has 0 radical (unpaired) electrons. The van der Waals surface area contributed by atoms with E-state index in [1.165, 1.54) is 24.8 Å². The zero-order valence-corrected chi connectivity index (χ0v) is 16.7. The number of guanidine groups is 1. The third-order valence-corrected chi connectivity index (χ3v) is 5.14. The lowest BCUT2D eigenvalue weighted by Gasteiger charge is -2.21. The Bertz CT molecular complexity index is 560. The second-order valence-electron chi connectivity index (χ2n) is 7.71. The molecule has 0 bridgehead atoms. The molecule has 1 aromatic carbocycles. The van der Waals surface area contributed by atoms with E-state index in [2.05, 4.69) is 41.4 Å². The Kier molecular flexibility index (Phi) is 8.43. The van der Waals surface area contributed by atoms with Crippen molar-refractivity contribution >= 4 is 5.96 Å². The van der Waals surface area contributed by atoms with E-state index in [4.69, 9.17) is 14.5 Å². The molecule has 150 valence electrons. The summed E-state index contributed by atoms with van der Waals surface area (Å²) in [5.41, 5.74) is 1.24. The molecule has 1 saturated heterocycles. The predicted molar refractivity (Wildman–Crippen MR) is 110 cm³/mol. The first-order valence-corrected chi connectivity index (χ1v) is 10.6. The lowest BCUT2D eigenvalue weighted by atomic mass is 10.1. The van der Waals surface area contributed by atoms with Crippen LogP contribution in [0.4, 0.5) is 0 Å². The molecule has 1 aliphatic carbocycles. The van der Waals surface area contributed by atoms with Crippen LogP contribution in [-0.2, 0) is 16.1 Å². The number of aliphatic imine (C=N–C) groups is 1. The quantitative estimate of drug-likeness (QED) is 0.367. The van der Waals surface area contributed by atoms with Crippen LogP contribution in [0, 0.1) is 11.8 Å². The second kappa shape index (κ2) is 11.3. The Balaban J connectivity index is 1.33. The van der Waals surface area contributed by atoms with E-state index in [1.807, 2.05) is 6.07 Å². The van der Waals surface area contributed by atoms with Crippen molar-refractivity contribution in [2.45, 2.75) is 39.2 Å². The molecule has 0 aromatic heterocycles. The largest absolute Gasteiger partial charge is 0.381 e. The average Bonchev–Trinajstić information content (AvgIpc) is 3.40. The molecule has 1 atom stereocenters. The van der Waals surface area contributed by atoms with Crippen molar-refractivity contribution in [3.05, 3.63) is 35.9 Å². The third kappa shape index (κ3) is 7.51. The molecule has 3 rings (SSSR count). The molecule has 27 heavy (non-hydrogen) atoms. The van der Waals surface area contributed by atoms with Gasteiger partial charge in [0.2, 0.25) is 0 Å². The first-order chi connectivity index (χ1) is 13.3. The van der Waals surface area contributed by atoms with Crippen LogP contribution in [0.25, 0.3) is 0 Å². The minimum absolute atomic E-state index is 0.583. The molecule has 1 N–H and O–H groups in total. The molecule has 0 amide bonds. The standard InChI is InChI=1S/C22H35N3O2/c1-2-23-22(24-12-6-14-26-16-20-9-10-20)25-13-11-21(15-25)18-27-17-19-7-4-3-5-8-19/h3-5,7-8,20-21H,2,6,9-18H2,1H3,(H,23,24). The number of benzene rings is 1. The highest BCUT2D eigenvalue weighted by Crippen LogP contribution is 2.28. The molecule has 5 heteroatoms. The molecule has 1 heterocycles. The fourth-order valence-corrected chi connectivity index (χ4v) is 3.39. The summed E-state index contributed by atoms with van der Waals surface area (Å²) in [7, 11) is 0. The Labute approximate surface area is 164 Å². The number of likely N-dealkylation sites (tertiary alicyclic amines) is 1. The van der Waals surface area contributed by atoms with Gasteiger partial charge < -0.3 is 19.7 Å². The van der Waals surface area contributed by atoms with Crippen LogP contribution >= 0.6 is 0 Å². The van der Waals surface area contributed by atoms with E-state index in [9.17, 15) is 0 Å². The second-order valence-corrected chi connectivity index (χ2v) is 7.71. The Morgan fingerprint density at radius 1 is 1.11 bits per heavy atom. The summed E-state index contributed by atoms with van der Waals surface area (Å²) in [5, 5.41) is 3.44. The van der Waals surface area contributed by atoms with E-state index in [-0.39, 0.29) is 0 Å². The van der Waals surface area contributed by atoms with Gasteiger partial charge in [-0.25, -0.2) is 0 Å². The highest BCUT2D eigenvalue weighted by molar-refractivity contribution is 5.80. The normalized spacial score (nSPS) is 20.3. The van der Waals surface area contributed by atoms with Crippen molar-refractivity contribution < 1.29 is 9.47 Å². The topological polar surface area (TPSA) is 46.1 Å². The van der Waals surface area contributed by atoms with Gasteiger partial charge in [-0.15, -0.1) is 0 Å². The van der Waals surface area contributed by atoms with Crippen molar-refractivity contribution in [3.63, 3.8) is 0 Å². The van der Waals surface area contributed by atoms with Crippen molar-refractivity contribution in [2.24, 2.45) is 16.8 Å². The fraction of sp³-hybridized carbons (Fsp3) is 0.682. The number of rotatable bonds is 11. The summed E-state index contributed by atoms with van der Waals surface area (Å²) in [6.45, 7) is 9.25. The van der Waals surface area contributed by atoms with Crippen molar-refractivity contribution in [2.75, 3.05) is 46.0 Å². The van der Waals surface area contributed by atoms with E-state index in [0.29, 0.717) is 12.5 Å². The Hall–Kier alpha value is -1.59. The molecule has 1 unspecified atom stereocenters. The van der Waals surface area contributed by atoms with Crippen molar-refractivity contribution in [3.8, 4) is 0 Å². The average molecular weight is 374 g/mol. The van der Waals surface area contributed by atoms with Crippen LogP contribution in [0.2, 0.25) is 0 Å². The number of nitrogens with zero attached hydrogens (tertiary/aromatic N) is 2. The first-order valence-electron chi connectivity index (χ1n) is 10.6. The van der Waals surface area contributed by atoms with Crippen LogP contribution < -0.4 is 5.32 Å². The van der Waals surface area contributed by atoms with E-state index < -0.39 is 0 Å². The molecular formula is C22H35N3O2. The maximum absolute atomic E-state index is 5.94. The molecule has 0 spiro atoms. The Morgan fingerprint density at radius 2 is 1.93 bits per heavy atom. The van der Waals surface area contributed by atoms with E-state index >= 15 is 0 Å². The van der Waals surface area contributed by atoms with Gasteiger partial charge in [0.05, 0.1) is 13.2 Å². The summed E-state index contributed by atoms with van der Waals surface area (Å²) >= 11 is 0. The van der Waals surface area contributed by atoms with Crippen LogP contribution in [0.3, 0.4) is 0 Å². The molecule has 1 aromatic rings. The summed E-state index contributed by atoms with van der Waals surface area (Å²) in [6, 6.07) is 10.4. The lowest BCUT2D eigenvalue weighted by molar-refractivity contribution is 0.0906. The van der Waals surface area contributed by atoms with Gasteiger partial charge in [-0.3, -0.25) is 4.99 Å². The van der Waals surface area contributed by atoms with Gasteiger partial charge in [-0.2, -0.15) is 0 Å². The predicted octanol–water partition coefficient (Wildman–Crippen LogP) is 3.31. The summed E-state index contributed by atoms with van der Waals surface area (Å²) in [6.07, 6.45) is 4.88. The smallest absolute Gasteiger partial charge is 0.193 e. The number of nitrogens with one attached hydrogen (secondary N) is 1. The van der Waals surface area contributed by atoms with Gasteiger partial charge in [0.1, 0.15) is 0 Å². The maximum atomic E-state index is 5.94. The summed E-state index contributed by atoms with van der Waals surface area (Å²) < 4.78 is 11.6. The fourth-order valence-electron chi connectivity index (χ4n) is 3.39. The molecular weight excluding hydrogens is 338 g/mol. The summed E-state index contributed by atoms with van der Waals surface area (Å²) in [5.74, 6) is 2.47. The first kappa shape index (κ1) is 20.2. The van der Waals surface area contributed by atoms with Gasteiger partial charge >= 0.3 is 0 Å². The molecule has 2 fully saturated rings. The highest BCUT2D eigenvalue weighted by Gasteiger charge is 2.25. The SMILES string of the molecule is CCNC(=NCCCOCC1CC1)N1CCC(COCc2ccccc2)C1. The van der Waals surface area contributed by atoms with Crippen LogP contribution in [0.15, 0.2) is 35.3 Å². The minimum atomic E-state index is 0.583. The zero-order valence-electron chi connectivity index (χ0n) is 16.7. The van der Waals surface area contributed by atoms with Gasteiger partial charge in [0.25, 0.3) is 0 Å². The third-order valence-electron chi connectivity index (χ3n) is 5.14. The van der Waals surface area contributed by atoms with Gasteiger partial charge in [0, 0.05) is 45.3 Å². The number of hydrogen-bond acceptors (Lipinski definition) is 3. The lowest BCUT2D eigenvalue weighted by Crippen LogP contribution is -2.40. The number of ether oxygens (including phenoxy) is 2. The van der Waals surface area contributed by atoms with Gasteiger partial charge in [-0.05, 0) is 44.1 Å². The summed E-state index contributed by atoms with van der Waals surface area (Å²) in [4.78, 5) is 7.18. The van der Waals surface area contributed by atoms with Crippen molar-refractivity contribution in [1.82, 2.24) is 10.2 Å². The minimum Gasteiger partial charge on any atom is -0.381 e. The monoisotopic (exact) mass is 373 g/mol. The molecule has 5 nitrogen and oxygen atoms in total. The maximum Gasteiger partial charge on any atom is 0.193 e. The van der Waals surface area contributed by atoms with Crippen molar-refractivity contribution in [1.29, 1.82) is 0 Å². The highest BCUT2D eigenvalue weighted by atomic mass is 16.5. The van der Waals surface area contributed by atoms with Crippen LogP contribution in [0.5, 0.6) is 0 Å². The zero-order chi connectivity index (χ0) is 18.7. The number of hydrogen-bond donors (Lipinski definition) is 1. The Morgan fingerprint density at radius 3 is 2.70 bits per heavy atom. The van der Waals surface area contributed by atoms with Crippen LogP contribution in [0.1, 0.15) is 38.2 Å². The van der Waals surface area contributed by atoms with Gasteiger partial charge in [0.15, 0.2) is 5.96 Å². The molecule has 1 saturated carbocycles. The molecule has 2 aliphatic rings. The van der Waals surface area contributed by atoms with Gasteiger partial charge in [-0.1, -0.05) is 30.3 Å². The van der Waals surface area contributed by atoms with E-state index in [0.717, 1.165) is 64.3 Å². The van der Waals surface area contributed by atoms with E-state index in [1.54, 1.807) is 0 Å². The van der Waals surface area contributed by atoms with Crippen LogP contribution in [-0.4, -0.2) is 56.9 Å². The molecule has 1 aliphatic heterocycles.